The molecule has 0 radical (unpaired) electrons. The topological polar surface area (TPSA) is 41.1 Å². The number of rotatable bonds is 5. The lowest BCUT2D eigenvalue weighted by molar-refractivity contribution is -0.142. The first-order chi connectivity index (χ1) is 9.92. The van der Waals surface area contributed by atoms with Crippen LogP contribution in [0, 0.1) is 0 Å². The zero-order valence-corrected chi connectivity index (χ0v) is 11.7. The maximum Gasteiger partial charge on any atom is 0.389 e. The first-order valence-electron chi connectivity index (χ1n) is 7.15. The van der Waals surface area contributed by atoms with Crippen molar-refractivity contribution in [3.63, 3.8) is 0 Å². The molecule has 0 bridgehead atoms. The molecule has 0 atom stereocenters. The van der Waals surface area contributed by atoms with E-state index in [1.807, 2.05) is 6.07 Å². The summed E-state index contributed by atoms with van der Waals surface area (Å²) in [4.78, 5) is 11.5. The summed E-state index contributed by atoms with van der Waals surface area (Å²) in [5, 5.41) is 5.88. The molecule has 3 nitrogen and oxygen atoms in total. The van der Waals surface area contributed by atoms with E-state index in [1.54, 1.807) is 18.2 Å². The fourth-order valence-corrected chi connectivity index (χ4v) is 2.47. The van der Waals surface area contributed by atoms with Crippen LogP contribution in [0.1, 0.15) is 38.5 Å². The van der Waals surface area contributed by atoms with Crippen molar-refractivity contribution in [2.75, 3.05) is 10.6 Å². The van der Waals surface area contributed by atoms with Crippen molar-refractivity contribution in [3.05, 3.63) is 24.3 Å². The van der Waals surface area contributed by atoms with Gasteiger partial charge in [-0.25, -0.2) is 0 Å². The SMILES string of the molecule is O=C(CCC(F)(F)F)Nc1cccc(NC2CCCC2)c1. The minimum absolute atomic E-state index is 0.446. The van der Waals surface area contributed by atoms with Crippen LogP contribution in [0.25, 0.3) is 0 Å². The molecule has 1 aromatic carbocycles. The zero-order valence-electron chi connectivity index (χ0n) is 11.7. The third-order valence-electron chi connectivity index (χ3n) is 3.51. The lowest BCUT2D eigenvalue weighted by atomic mass is 10.2. The molecular formula is C15H19F3N2O. The predicted molar refractivity (Wildman–Crippen MR) is 76.2 cm³/mol. The van der Waals surface area contributed by atoms with Crippen LogP contribution in [-0.4, -0.2) is 18.1 Å². The quantitative estimate of drug-likeness (QED) is 0.850. The summed E-state index contributed by atoms with van der Waals surface area (Å²) in [6.45, 7) is 0. The average Bonchev–Trinajstić information content (AvgIpc) is 2.89. The van der Waals surface area contributed by atoms with Gasteiger partial charge >= 0.3 is 6.18 Å². The second-order valence-electron chi connectivity index (χ2n) is 5.37. The molecule has 1 amide bonds. The Kier molecular flexibility index (Phi) is 5.09. The maximum atomic E-state index is 12.1. The van der Waals surface area contributed by atoms with Crippen LogP contribution in [0.15, 0.2) is 24.3 Å². The Balaban J connectivity index is 1.86. The molecule has 21 heavy (non-hydrogen) atoms. The number of hydrogen-bond acceptors (Lipinski definition) is 2. The lowest BCUT2D eigenvalue weighted by Crippen LogP contribution is -2.17. The van der Waals surface area contributed by atoms with Crippen LogP contribution < -0.4 is 10.6 Å². The molecule has 0 aromatic heterocycles. The standard InChI is InChI=1S/C15H19F3N2O/c16-15(17,18)9-8-14(21)20-13-7-3-6-12(10-13)19-11-4-1-2-5-11/h3,6-7,10-11,19H,1-2,4-5,8-9H2,(H,20,21). The van der Waals surface area contributed by atoms with Crippen molar-refractivity contribution in [1.82, 2.24) is 0 Å². The molecule has 0 saturated heterocycles. The average molecular weight is 300 g/mol. The van der Waals surface area contributed by atoms with Crippen LogP contribution in [0.2, 0.25) is 0 Å². The van der Waals surface area contributed by atoms with Gasteiger partial charge in [0.15, 0.2) is 0 Å². The number of hydrogen-bond donors (Lipinski definition) is 2. The van der Waals surface area contributed by atoms with E-state index in [2.05, 4.69) is 10.6 Å². The van der Waals surface area contributed by atoms with Crippen molar-refractivity contribution < 1.29 is 18.0 Å². The van der Waals surface area contributed by atoms with E-state index >= 15 is 0 Å². The Hall–Kier alpha value is -1.72. The van der Waals surface area contributed by atoms with Crippen molar-refractivity contribution in [1.29, 1.82) is 0 Å². The van der Waals surface area contributed by atoms with Gasteiger partial charge in [-0.2, -0.15) is 13.2 Å². The molecule has 6 heteroatoms. The summed E-state index contributed by atoms with van der Waals surface area (Å²) in [6, 6.07) is 7.54. The second kappa shape index (κ2) is 6.83. The fourth-order valence-electron chi connectivity index (χ4n) is 2.47. The van der Waals surface area contributed by atoms with Gasteiger partial charge < -0.3 is 10.6 Å². The highest BCUT2D eigenvalue weighted by atomic mass is 19.4. The number of halogens is 3. The minimum Gasteiger partial charge on any atom is -0.382 e. The number of carbonyl (C=O) groups excluding carboxylic acids is 1. The molecule has 116 valence electrons. The van der Waals surface area contributed by atoms with Gasteiger partial charge in [0.1, 0.15) is 0 Å². The Bertz CT molecular complexity index is 482. The van der Waals surface area contributed by atoms with E-state index < -0.39 is 24.9 Å². The van der Waals surface area contributed by atoms with E-state index in [0.29, 0.717) is 11.7 Å². The van der Waals surface area contributed by atoms with Crippen LogP contribution >= 0.6 is 0 Å². The molecule has 2 N–H and O–H groups in total. The number of carbonyl (C=O) groups is 1. The molecule has 1 saturated carbocycles. The summed E-state index contributed by atoms with van der Waals surface area (Å²) in [7, 11) is 0. The van der Waals surface area contributed by atoms with Gasteiger partial charge in [0, 0.05) is 23.8 Å². The third-order valence-corrected chi connectivity index (χ3v) is 3.51. The predicted octanol–water partition coefficient (Wildman–Crippen LogP) is 4.32. The van der Waals surface area contributed by atoms with Gasteiger partial charge in [0.2, 0.25) is 5.91 Å². The van der Waals surface area contributed by atoms with Gasteiger partial charge in [-0.3, -0.25) is 4.79 Å². The van der Waals surface area contributed by atoms with Crippen LogP contribution in [0.3, 0.4) is 0 Å². The monoisotopic (exact) mass is 300 g/mol. The molecule has 0 spiro atoms. The molecule has 0 unspecified atom stereocenters. The highest BCUT2D eigenvalue weighted by molar-refractivity contribution is 5.91. The summed E-state index contributed by atoms with van der Waals surface area (Å²) < 4.78 is 36.2. The normalized spacial score (nSPS) is 16.0. The summed E-state index contributed by atoms with van der Waals surface area (Å²) in [5.74, 6) is -0.620. The molecule has 1 fully saturated rings. The van der Waals surface area contributed by atoms with Gasteiger partial charge in [0.05, 0.1) is 6.42 Å². The van der Waals surface area contributed by atoms with Gasteiger partial charge in [-0.15, -0.1) is 0 Å². The Morgan fingerprint density at radius 1 is 1.19 bits per heavy atom. The molecule has 1 aromatic rings. The molecule has 0 aliphatic heterocycles. The van der Waals surface area contributed by atoms with E-state index in [4.69, 9.17) is 0 Å². The highest BCUT2D eigenvalue weighted by Crippen LogP contribution is 2.24. The van der Waals surface area contributed by atoms with Crippen molar-refractivity contribution in [2.24, 2.45) is 0 Å². The summed E-state index contributed by atoms with van der Waals surface area (Å²) in [5.41, 5.74) is 1.40. The largest absolute Gasteiger partial charge is 0.389 e. The van der Waals surface area contributed by atoms with Crippen molar-refractivity contribution >= 4 is 17.3 Å². The van der Waals surface area contributed by atoms with Crippen LogP contribution in [0.4, 0.5) is 24.5 Å². The first-order valence-corrected chi connectivity index (χ1v) is 7.15. The fraction of sp³-hybridized carbons (Fsp3) is 0.533. The maximum absolute atomic E-state index is 12.1. The number of benzene rings is 1. The van der Waals surface area contributed by atoms with E-state index in [-0.39, 0.29) is 0 Å². The lowest BCUT2D eigenvalue weighted by Gasteiger charge is -2.14. The summed E-state index contributed by atoms with van der Waals surface area (Å²) >= 11 is 0. The molecule has 0 heterocycles. The molecule has 2 rings (SSSR count). The Labute approximate surface area is 121 Å². The number of nitrogens with one attached hydrogen (secondary N) is 2. The number of anilines is 2. The Morgan fingerprint density at radius 2 is 1.86 bits per heavy atom. The van der Waals surface area contributed by atoms with E-state index in [1.165, 1.54) is 12.8 Å². The first kappa shape index (κ1) is 15.7. The van der Waals surface area contributed by atoms with Crippen LogP contribution in [0.5, 0.6) is 0 Å². The zero-order chi connectivity index (χ0) is 15.3. The van der Waals surface area contributed by atoms with E-state index in [0.717, 1.165) is 18.5 Å². The number of alkyl halides is 3. The van der Waals surface area contributed by atoms with Gasteiger partial charge in [-0.05, 0) is 31.0 Å². The third kappa shape index (κ3) is 5.65. The van der Waals surface area contributed by atoms with Crippen molar-refractivity contribution in [3.8, 4) is 0 Å². The number of amides is 1. The minimum atomic E-state index is -4.30. The molecular weight excluding hydrogens is 281 g/mol. The van der Waals surface area contributed by atoms with Gasteiger partial charge in [0.25, 0.3) is 0 Å². The summed E-state index contributed by atoms with van der Waals surface area (Å²) in [6.07, 6.45) is -1.27. The van der Waals surface area contributed by atoms with Gasteiger partial charge in [-0.1, -0.05) is 18.9 Å². The molecule has 1 aliphatic rings. The van der Waals surface area contributed by atoms with E-state index in [9.17, 15) is 18.0 Å². The highest BCUT2D eigenvalue weighted by Gasteiger charge is 2.27. The molecule has 1 aliphatic carbocycles. The van der Waals surface area contributed by atoms with Crippen molar-refractivity contribution in [2.45, 2.75) is 50.7 Å². The second-order valence-corrected chi connectivity index (χ2v) is 5.37. The Morgan fingerprint density at radius 3 is 2.52 bits per heavy atom. The smallest absolute Gasteiger partial charge is 0.382 e. The van der Waals surface area contributed by atoms with Crippen LogP contribution in [-0.2, 0) is 4.79 Å².